The summed E-state index contributed by atoms with van der Waals surface area (Å²) < 4.78 is 0. The van der Waals surface area contributed by atoms with E-state index in [4.69, 9.17) is 0 Å². The van der Waals surface area contributed by atoms with Gasteiger partial charge in [-0.25, -0.2) is 4.98 Å². The molecule has 0 fully saturated rings. The molecular formula is C24H25N3O2S. The lowest BCUT2D eigenvalue weighted by molar-refractivity contribution is -0.118. The fourth-order valence-corrected chi connectivity index (χ4v) is 4.67. The van der Waals surface area contributed by atoms with Crippen LogP contribution < -0.4 is 9.80 Å². The van der Waals surface area contributed by atoms with E-state index in [1.807, 2.05) is 61.5 Å². The third kappa shape index (κ3) is 3.87. The van der Waals surface area contributed by atoms with Gasteiger partial charge in [0.2, 0.25) is 5.91 Å². The summed E-state index contributed by atoms with van der Waals surface area (Å²) in [6.45, 7) is 6.87. The van der Waals surface area contributed by atoms with Crippen LogP contribution in [0.25, 0.3) is 0 Å². The minimum Gasteiger partial charge on any atom is -0.306 e. The van der Waals surface area contributed by atoms with Gasteiger partial charge >= 0.3 is 0 Å². The second-order valence-corrected chi connectivity index (χ2v) is 8.81. The van der Waals surface area contributed by atoms with Gasteiger partial charge in [-0.3, -0.25) is 9.59 Å². The molecule has 5 nitrogen and oxygen atoms in total. The lowest BCUT2D eigenvalue weighted by Gasteiger charge is -2.25. The standard InChI is InChI=1S/C24H25N3O2S/c1-16(2)23-25-17(3)22(30-23)24(29)26-14-13-21(28)27(15-18-9-5-4-6-10-18)20-12-8-7-11-19(20)26/h4-12,16H,13-15H2,1-3H3. The van der Waals surface area contributed by atoms with E-state index in [1.54, 1.807) is 9.80 Å². The quantitative estimate of drug-likeness (QED) is 0.587. The van der Waals surface area contributed by atoms with Crippen molar-refractivity contribution in [3.8, 4) is 0 Å². The lowest BCUT2D eigenvalue weighted by atomic mass is 10.1. The molecule has 0 atom stereocenters. The first-order chi connectivity index (χ1) is 14.5. The Labute approximate surface area is 181 Å². The summed E-state index contributed by atoms with van der Waals surface area (Å²) >= 11 is 1.45. The number of para-hydroxylation sites is 2. The van der Waals surface area contributed by atoms with Crippen LogP contribution in [0.5, 0.6) is 0 Å². The molecule has 4 rings (SSSR count). The molecule has 1 aromatic heterocycles. The number of carbonyl (C=O) groups excluding carboxylic acids is 2. The van der Waals surface area contributed by atoms with E-state index in [-0.39, 0.29) is 24.2 Å². The third-order valence-corrected chi connectivity index (χ3v) is 6.69. The van der Waals surface area contributed by atoms with Gasteiger partial charge in [0.05, 0.1) is 28.6 Å². The Bertz CT molecular complexity index is 1080. The number of fused-ring (bicyclic) bond motifs is 1. The van der Waals surface area contributed by atoms with E-state index in [9.17, 15) is 9.59 Å². The predicted octanol–water partition coefficient (Wildman–Crippen LogP) is 5.16. The predicted molar refractivity (Wildman–Crippen MR) is 121 cm³/mol. The summed E-state index contributed by atoms with van der Waals surface area (Å²) in [5.74, 6) is 0.207. The molecule has 3 aromatic rings. The largest absolute Gasteiger partial charge is 0.306 e. The Balaban J connectivity index is 1.72. The van der Waals surface area contributed by atoms with Crippen molar-refractivity contribution >= 4 is 34.5 Å². The Hall–Kier alpha value is -2.99. The van der Waals surface area contributed by atoms with E-state index in [0.717, 1.165) is 27.6 Å². The number of nitrogens with zero attached hydrogens (tertiary/aromatic N) is 3. The first-order valence-corrected chi connectivity index (χ1v) is 11.0. The molecule has 0 bridgehead atoms. The molecule has 6 heteroatoms. The van der Waals surface area contributed by atoms with Crippen molar-refractivity contribution in [2.24, 2.45) is 0 Å². The van der Waals surface area contributed by atoms with Gasteiger partial charge in [-0.1, -0.05) is 56.3 Å². The smallest absolute Gasteiger partial charge is 0.270 e. The first kappa shape index (κ1) is 20.3. The zero-order valence-electron chi connectivity index (χ0n) is 17.5. The molecule has 0 aliphatic carbocycles. The molecule has 30 heavy (non-hydrogen) atoms. The van der Waals surface area contributed by atoms with Crippen LogP contribution >= 0.6 is 11.3 Å². The zero-order valence-corrected chi connectivity index (χ0v) is 18.3. The number of carbonyl (C=O) groups is 2. The van der Waals surface area contributed by atoms with Crippen molar-refractivity contribution in [2.75, 3.05) is 16.3 Å². The van der Waals surface area contributed by atoms with Crippen LogP contribution in [0, 0.1) is 6.92 Å². The number of hydrogen-bond acceptors (Lipinski definition) is 4. The molecule has 0 spiro atoms. The number of thiazole rings is 1. The van der Waals surface area contributed by atoms with E-state index in [1.165, 1.54) is 11.3 Å². The van der Waals surface area contributed by atoms with Gasteiger partial charge in [-0.15, -0.1) is 11.3 Å². The monoisotopic (exact) mass is 419 g/mol. The molecule has 0 saturated carbocycles. The number of amides is 2. The van der Waals surface area contributed by atoms with Crippen molar-refractivity contribution in [3.05, 3.63) is 75.7 Å². The SMILES string of the molecule is Cc1nc(C(C)C)sc1C(=O)N1CCC(=O)N(Cc2ccccc2)c2ccccc21. The summed E-state index contributed by atoms with van der Waals surface area (Å²) in [6.07, 6.45) is 0.280. The van der Waals surface area contributed by atoms with Gasteiger partial charge < -0.3 is 9.80 Å². The molecule has 0 N–H and O–H groups in total. The van der Waals surface area contributed by atoms with Crippen LogP contribution in [-0.4, -0.2) is 23.3 Å². The van der Waals surface area contributed by atoms with Crippen LogP contribution in [0.3, 0.4) is 0 Å². The molecule has 0 saturated heterocycles. The van der Waals surface area contributed by atoms with Gasteiger partial charge in [-0.05, 0) is 24.6 Å². The van der Waals surface area contributed by atoms with Gasteiger partial charge in [0, 0.05) is 18.9 Å². The first-order valence-electron chi connectivity index (χ1n) is 10.2. The van der Waals surface area contributed by atoms with Crippen LogP contribution in [0.2, 0.25) is 0 Å². The Morgan fingerprint density at radius 1 is 1.07 bits per heavy atom. The van der Waals surface area contributed by atoms with Crippen molar-refractivity contribution in [2.45, 2.75) is 39.7 Å². The van der Waals surface area contributed by atoms with E-state index in [0.29, 0.717) is 18.0 Å². The van der Waals surface area contributed by atoms with Gasteiger partial charge in [0.15, 0.2) is 0 Å². The number of aromatic nitrogens is 1. The van der Waals surface area contributed by atoms with Crippen molar-refractivity contribution in [3.63, 3.8) is 0 Å². The van der Waals surface area contributed by atoms with Crippen LogP contribution in [0.1, 0.15) is 52.1 Å². The maximum absolute atomic E-state index is 13.5. The van der Waals surface area contributed by atoms with Gasteiger partial charge in [0.25, 0.3) is 5.91 Å². The van der Waals surface area contributed by atoms with Crippen molar-refractivity contribution < 1.29 is 9.59 Å². The highest BCUT2D eigenvalue weighted by Crippen LogP contribution is 2.36. The molecule has 154 valence electrons. The molecule has 1 aliphatic rings. The second kappa shape index (κ2) is 8.40. The fourth-order valence-electron chi connectivity index (χ4n) is 3.65. The highest BCUT2D eigenvalue weighted by molar-refractivity contribution is 7.14. The van der Waals surface area contributed by atoms with E-state index in [2.05, 4.69) is 18.8 Å². The Kier molecular flexibility index (Phi) is 5.68. The van der Waals surface area contributed by atoms with Crippen LogP contribution in [0.15, 0.2) is 54.6 Å². The molecule has 1 aliphatic heterocycles. The Morgan fingerprint density at radius 2 is 1.73 bits per heavy atom. The summed E-state index contributed by atoms with van der Waals surface area (Å²) in [5.41, 5.74) is 3.34. The van der Waals surface area contributed by atoms with Crippen LogP contribution in [0.4, 0.5) is 11.4 Å². The highest BCUT2D eigenvalue weighted by atomic mass is 32.1. The number of aryl methyl sites for hydroxylation is 1. The molecular weight excluding hydrogens is 394 g/mol. The topological polar surface area (TPSA) is 53.5 Å². The van der Waals surface area contributed by atoms with E-state index < -0.39 is 0 Å². The average Bonchev–Trinajstić information content (AvgIpc) is 3.09. The van der Waals surface area contributed by atoms with Crippen molar-refractivity contribution in [1.29, 1.82) is 0 Å². The van der Waals surface area contributed by atoms with Gasteiger partial charge in [-0.2, -0.15) is 0 Å². The number of rotatable bonds is 4. The van der Waals surface area contributed by atoms with Crippen molar-refractivity contribution in [1.82, 2.24) is 4.98 Å². The van der Waals surface area contributed by atoms with Gasteiger partial charge in [0.1, 0.15) is 4.88 Å². The summed E-state index contributed by atoms with van der Waals surface area (Å²) in [6, 6.07) is 17.6. The summed E-state index contributed by atoms with van der Waals surface area (Å²) in [7, 11) is 0. The second-order valence-electron chi connectivity index (χ2n) is 7.78. The number of benzene rings is 2. The van der Waals surface area contributed by atoms with E-state index >= 15 is 0 Å². The number of anilines is 2. The molecule has 2 heterocycles. The number of hydrogen-bond donors (Lipinski definition) is 0. The molecule has 2 amide bonds. The Morgan fingerprint density at radius 3 is 2.40 bits per heavy atom. The lowest BCUT2D eigenvalue weighted by Crippen LogP contribution is -2.32. The average molecular weight is 420 g/mol. The zero-order chi connectivity index (χ0) is 21.3. The maximum Gasteiger partial charge on any atom is 0.270 e. The highest BCUT2D eigenvalue weighted by Gasteiger charge is 2.31. The third-order valence-electron chi connectivity index (χ3n) is 5.24. The maximum atomic E-state index is 13.5. The minimum absolute atomic E-state index is 0.0190. The molecule has 0 unspecified atom stereocenters. The summed E-state index contributed by atoms with van der Waals surface area (Å²) in [4.78, 5) is 35.3. The molecule has 0 radical (unpaired) electrons. The molecule has 2 aromatic carbocycles. The summed E-state index contributed by atoms with van der Waals surface area (Å²) in [5, 5.41) is 0.959. The fraction of sp³-hybridized carbons (Fsp3) is 0.292. The van der Waals surface area contributed by atoms with Crippen LogP contribution in [-0.2, 0) is 11.3 Å². The minimum atomic E-state index is -0.0845. The normalized spacial score (nSPS) is 14.1.